The maximum atomic E-state index is 9.49. The van der Waals surface area contributed by atoms with Gasteiger partial charge in [-0.25, -0.2) is 0 Å². The average Bonchev–Trinajstić information content (AvgIpc) is 2.99. The van der Waals surface area contributed by atoms with Crippen molar-refractivity contribution in [3.8, 4) is 11.5 Å². The van der Waals surface area contributed by atoms with E-state index in [1.165, 1.54) is 0 Å². The highest BCUT2D eigenvalue weighted by Gasteiger charge is 2.15. The zero-order chi connectivity index (χ0) is 28.9. The molecule has 4 rings (SSSR count). The molecule has 212 valence electrons. The lowest BCUT2D eigenvalue weighted by Gasteiger charge is -2.11. The molecule has 0 aliphatic rings. The second-order valence-corrected chi connectivity index (χ2v) is 9.69. The molecule has 8 nitrogen and oxygen atoms in total. The van der Waals surface area contributed by atoms with Gasteiger partial charge in [-0.1, -0.05) is 72.8 Å². The summed E-state index contributed by atoms with van der Waals surface area (Å²) in [5.74, 6) is 1.60. The van der Waals surface area contributed by atoms with Gasteiger partial charge in [0.2, 0.25) is 0 Å². The maximum Gasteiger partial charge on any atom is 0.488 e. The van der Waals surface area contributed by atoms with E-state index in [4.69, 9.17) is 9.47 Å². The van der Waals surface area contributed by atoms with Crippen LogP contribution in [0.15, 0.2) is 97.1 Å². The van der Waals surface area contributed by atoms with Gasteiger partial charge in [0.25, 0.3) is 0 Å². The van der Waals surface area contributed by atoms with Crippen LogP contribution in [-0.4, -0.2) is 47.5 Å². The monoisotopic (exact) mass is 554 g/mol. The lowest BCUT2D eigenvalue weighted by Crippen LogP contribution is -2.34. The Kier molecular flexibility index (Phi) is 11.8. The highest BCUT2D eigenvalue weighted by atomic mass is 16.5. The van der Waals surface area contributed by atoms with Gasteiger partial charge in [0, 0.05) is 32.6 Å². The summed E-state index contributed by atoms with van der Waals surface area (Å²) in [5, 5.41) is 44.6. The van der Waals surface area contributed by atoms with Gasteiger partial charge in [-0.15, -0.1) is 0 Å². The van der Waals surface area contributed by atoms with Crippen LogP contribution in [0.5, 0.6) is 11.5 Å². The average molecular weight is 554 g/mol. The largest absolute Gasteiger partial charge is 0.493 e. The van der Waals surface area contributed by atoms with E-state index < -0.39 is 14.2 Å². The minimum absolute atomic E-state index is 0.512. The summed E-state index contributed by atoms with van der Waals surface area (Å²) in [6, 6.07) is 30.4. The van der Waals surface area contributed by atoms with Gasteiger partial charge in [-0.3, -0.25) is 0 Å². The van der Waals surface area contributed by atoms with Crippen LogP contribution in [-0.2, 0) is 26.2 Å². The third-order valence-electron chi connectivity index (χ3n) is 6.63. The van der Waals surface area contributed by atoms with Crippen molar-refractivity contribution in [2.45, 2.75) is 32.6 Å². The summed E-state index contributed by atoms with van der Waals surface area (Å²) in [5.41, 5.74) is 4.95. The Balaban J connectivity index is 1.10. The van der Waals surface area contributed by atoms with E-state index in [-0.39, 0.29) is 0 Å². The van der Waals surface area contributed by atoms with Crippen LogP contribution in [0.4, 0.5) is 0 Å². The van der Waals surface area contributed by atoms with Gasteiger partial charge in [0.1, 0.15) is 11.5 Å². The summed E-state index contributed by atoms with van der Waals surface area (Å²) in [7, 11) is -2.96. The van der Waals surface area contributed by atoms with E-state index in [9.17, 15) is 20.1 Å². The smallest absolute Gasteiger partial charge is 0.488 e. The first-order chi connectivity index (χ1) is 20.0. The van der Waals surface area contributed by atoms with Gasteiger partial charge < -0.3 is 40.2 Å². The number of nitrogens with one attached hydrogen (secondary N) is 2. The molecule has 0 saturated carbocycles. The van der Waals surface area contributed by atoms with Crippen LogP contribution in [0.3, 0.4) is 0 Å². The molecular weight excluding hydrogens is 518 g/mol. The Morgan fingerprint density at radius 2 is 0.878 bits per heavy atom. The summed E-state index contributed by atoms with van der Waals surface area (Å²) in [6.45, 7) is 3.48. The topological polar surface area (TPSA) is 123 Å². The zero-order valence-electron chi connectivity index (χ0n) is 22.9. The van der Waals surface area contributed by atoms with Crippen molar-refractivity contribution in [1.82, 2.24) is 10.6 Å². The normalized spacial score (nSPS) is 10.8. The first-order valence-electron chi connectivity index (χ1n) is 13.7. The Hall–Kier alpha value is -3.63. The molecule has 4 aromatic carbocycles. The van der Waals surface area contributed by atoms with Crippen LogP contribution in [0.1, 0.15) is 28.7 Å². The summed E-state index contributed by atoms with van der Waals surface area (Å²) >= 11 is 0. The molecule has 0 aromatic heterocycles. The fourth-order valence-electron chi connectivity index (χ4n) is 4.42. The Bertz CT molecular complexity index is 1230. The van der Waals surface area contributed by atoms with Crippen LogP contribution < -0.4 is 31.0 Å². The molecule has 0 spiro atoms. The predicted octanol–water partition coefficient (Wildman–Crippen LogP) is 1.47. The van der Waals surface area contributed by atoms with Gasteiger partial charge in [0.05, 0.1) is 13.2 Å². The first-order valence-corrected chi connectivity index (χ1v) is 13.7. The summed E-state index contributed by atoms with van der Waals surface area (Å²) in [6.07, 6.45) is 0.749. The highest BCUT2D eigenvalue weighted by Crippen LogP contribution is 2.15. The number of hydrogen-bond donors (Lipinski definition) is 6. The third-order valence-corrected chi connectivity index (χ3v) is 6.63. The molecule has 4 aromatic rings. The molecule has 10 heteroatoms. The van der Waals surface area contributed by atoms with E-state index in [1.807, 2.05) is 72.8 Å². The molecule has 0 aliphatic carbocycles. The highest BCUT2D eigenvalue weighted by molar-refractivity contribution is 6.59. The number of benzene rings is 4. The van der Waals surface area contributed by atoms with E-state index in [0.29, 0.717) is 50.3 Å². The Labute approximate surface area is 241 Å². The molecule has 0 radical (unpaired) electrons. The number of ether oxygens (including phenoxy) is 2. The SMILES string of the molecule is OB(O)c1ccccc1CNCc1ccc(OCCCOc2ccc(CNCc3ccccc3B(O)O)cc2)cc1. The van der Waals surface area contributed by atoms with Gasteiger partial charge in [0.15, 0.2) is 0 Å². The molecule has 0 saturated heterocycles. The van der Waals surface area contributed by atoms with Crippen molar-refractivity contribution in [2.75, 3.05) is 13.2 Å². The molecule has 0 fully saturated rings. The van der Waals surface area contributed by atoms with E-state index in [2.05, 4.69) is 10.6 Å². The lowest BCUT2D eigenvalue weighted by molar-refractivity contribution is 0.247. The van der Waals surface area contributed by atoms with Crippen molar-refractivity contribution >= 4 is 25.2 Å². The quantitative estimate of drug-likeness (QED) is 0.0910. The minimum Gasteiger partial charge on any atom is -0.493 e. The van der Waals surface area contributed by atoms with Gasteiger partial charge in [-0.05, 0) is 57.4 Å². The molecule has 6 N–H and O–H groups in total. The second kappa shape index (κ2) is 16.0. The minimum atomic E-state index is -1.48. The molecule has 0 heterocycles. The van der Waals surface area contributed by atoms with Crippen molar-refractivity contribution in [3.05, 3.63) is 119 Å². The molecule has 41 heavy (non-hydrogen) atoms. The predicted molar refractivity (Wildman–Crippen MR) is 162 cm³/mol. The molecule has 0 unspecified atom stereocenters. The van der Waals surface area contributed by atoms with Crippen molar-refractivity contribution < 1.29 is 29.6 Å². The molecule has 0 bridgehead atoms. The van der Waals surface area contributed by atoms with E-state index in [1.54, 1.807) is 24.3 Å². The third kappa shape index (κ3) is 9.75. The summed E-state index contributed by atoms with van der Waals surface area (Å²) < 4.78 is 11.7. The van der Waals surface area contributed by atoms with Crippen LogP contribution in [0, 0.1) is 0 Å². The maximum absolute atomic E-state index is 9.49. The molecule has 0 atom stereocenters. The first kappa shape index (κ1) is 30.3. The second-order valence-electron chi connectivity index (χ2n) is 9.69. The van der Waals surface area contributed by atoms with Crippen molar-refractivity contribution in [2.24, 2.45) is 0 Å². The van der Waals surface area contributed by atoms with Gasteiger partial charge in [-0.2, -0.15) is 0 Å². The van der Waals surface area contributed by atoms with E-state index in [0.717, 1.165) is 40.2 Å². The molecule has 0 aliphatic heterocycles. The van der Waals surface area contributed by atoms with Gasteiger partial charge >= 0.3 is 14.2 Å². The lowest BCUT2D eigenvalue weighted by atomic mass is 9.77. The van der Waals surface area contributed by atoms with Crippen molar-refractivity contribution in [3.63, 3.8) is 0 Å². The fraction of sp³-hybridized carbons (Fsp3) is 0.226. The number of rotatable bonds is 16. The van der Waals surface area contributed by atoms with Crippen LogP contribution in [0.2, 0.25) is 0 Å². The van der Waals surface area contributed by atoms with Crippen LogP contribution in [0.25, 0.3) is 0 Å². The Morgan fingerprint density at radius 3 is 1.27 bits per heavy atom. The molecular formula is C31H36B2N2O6. The van der Waals surface area contributed by atoms with Crippen LogP contribution >= 0.6 is 0 Å². The van der Waals surface area contributed by atoms with E-state index >= 15 is 0 Å². The molecule has 0 amide bonds. The zero-order valence-corrected chi connectivity index (χ0v) is 22.9. The number of hydrogen-bond acceptors (Lipinski definition) is 8. The van der Waals surface area contributed by atoms with Crippen molar-refractivity contribution in [1.29, 1.82) is 0 Å². The Morgan fingerprint density at radius 1 is 0.488 bits per heavy atom. The standard InChI is InChI=1S/C31H36B2N2O6/c36-32(37)30-8-3-1-6-26(30)22-34-20-24-10-14-28(15-11-24)40-18-5-19-41-29-16-12-25(13-17-29)21-35-23-27-7-2-4-9-31(27)33(38)39/h1-4,6-17,34-39H,5,18-23H2. The summed E-state index contributed by atoms with van der Waals surface area (Å²) in [4.78, 5) is 0. The fourth-order valence-corrected chi connectivity index (χ4v) is 4.42.